The molecule has 112 valence electrons. The fraction of sp³-hybridized carbons (Fsp3) is 0.273. The Kier molecular flexibility index (Phi) is 5.14. The molecule has 0 bridgehead atoms. The van der Waals surface area contributed by atoms with Crippen LogP contribution in [0.5, 0.6) is 0 Å². The van der Waals surface area contributed by atoms with Crippen molar-refractivity contribution in [1.29, 1.82) is 0 Å². The van der Waals surface area contributed by atoms with E-state index in [0.717, 1.165) is 5.39 Å². The van der Waals surface area contributed by atoms with E-state index in [1.165, 1.54) is 0 Å². The van der Waals surface area contributed by atoms with Crippen LogP contribution in [0.2, 0.25) is 0 Å². The van der Waals surface area contributed by atoms with Crippen LogP contribution in [0.25, 0.3) is 10.1 Å². The van der Waals surface area contributed by atoms with Crippen LogP contribution in [0, 0.1) is 0 Å². The van der Waals surface area contributed by atoms with E-state index in [9.17, 15) is 13.2 Å². The molecule has 0 saturated carbocycles. The van der Waals surface area contributed by atoms with E-state index >= 15 is 0 Å². The Morgan fingerprint density at radius 1 is 1.30 bits per heavy atom. The molecule has 20 heavy (non-hydrogen) atoms. The third-order valence-corrected chi connectivity index (χ3v) is 4.50. The molecular weight excluding hydrogens is 317 g/mol. The van der Waals surface area contributed by atoms with Gasteiger partial charge in [0.15, 0.2) is 9.58 Å². The Morgan fingerprint density at radius 2 is 1.80 bits per heavy atom. The maximum absolute atomic E-state index is 12.8. The minimum absolute atomic E-state index is 0.418. The third-order valence-electron chi connectivity index (χ3n) is 2.30. The highest BCUT2D eigenvalue weighted by Crippen LogP contribution is 2.50. The Bertz CT molecular complexity index is 681. The number of rotatable bonds is 1. The normalized spacial score (nSPS) is 13.0. The lowest BCUT2D eigenvalue weighted by atomic mass is 10.2. The standard InChI is InChI=1S/C11H10F3S.H2O4S/c1-2-9-7-8-5-3-4-6-10(8)15(9)11(12,13)14;1-5(2,3)4/h3-7H,2H2,1H3;(H2,1,2,3,4)/q+1;/p-1. The minimum atomic E-state index is -4.92. The average molecular weight is 328 g/mol. The van der Waals surface area contributed by atoms with Crippen LogP contribution in [0.15, 0.2) is 30.3 Å². The first kappa shape index (κ1) is 16.9. The lowest BCUT2D eigenvalue weighted by molar-refractivity contribution is -0.0867. The number of alkyl halides is 3. The van der Waals surface area contributed by atoms with E-state index in [-0.39, 0.29) is 0 Å². The van der Waals surface area contributed by atoms with Gasteiger partial charge in [0.25, 0.3) is 0 Å². The first-order valence-electron chi connectivity index (χ1n) is 5.33. The van der Waals surface area contributed by atoms with E-state index < -0.39 is 26.4 Å². The molecule has 1 N–H and O–H groups in total. The van der Waals surface area contributed by atoms with Crippen molar-refractivity contribution in [2.45, 2.75) is 18.9 Å². The second-order valence-corrected chi connectivity index (χ2v) is 6.58. The van der Waals surface area contributed by atoms with Gasteiger partial charge in [-0.25, -0.2) is 8.42 Å². The van der Waals surface area contributed by atoms with Gasteiger partial charge in [-0.05, 0) is 12.1 Å². The molecule has 1 aromatic heterocycles. The summed E-state index contributed by atoms with van der Waals surface area (Å²) < 4.78 is 71.8. The molecule has 0 fully saturated rings. The highest BCUT2D eigenvalue weighted by Gasteiger charge is 2.47. The van der Waals surface area contributed by atoms with Gasteiger partial charge >= 0.3 is 5.51 Å². The molecule has 0 amide bonds. The van der Waals surface area contributed by atoms with Crippen LogP contribution in [0.3, 0.4) is 0 Å². The van der Waals surface area contributed by atoms with Crippen molar-refractivity contribution in [1.82, 2.24) is 0 Å². The number of thiophene rings is 1. The Morgan fingerprint density at radius 3 is 2.25 bits per heavy atom. The summed E-state index contributed by atoms with van der Waals surface area (Å²) in [5.74, 6) is 0. The minimum Gasteiger partial charge on any atom is -0.726 e. The van der Waals surface area contributed by atoms with E-state index in [0.29, 0.717) is 16.0 Å². The van der Waals surface area contributed by atoms with Gasteiger partial charge in [0.05, 0.1) is 10.5 Å². The van der Waals surface area contributed by atoms with Crippen molar-refractivity contribution in [2.24, 2.45) is 0 Å². The van der Waals surface area contributed by atoms with Crippen LogP contribution >= 0.6 is 10.5 Å². The highest BCUT2D eigenvalue weighted by molar-refractivity contribution is 7.79. The molecule has 1 atom stereocenters. The van der Waals surface area contributed by atoms with Gasteiger partial charge in [-0.2, -0.15) is 0 Å². The summed E-state index contributed by atoms with van der Waals surface area (Å²) in [5, 5.41) is 0.718. The number of benzene rings is 1. The summed E-state index contributed by atoms with van der Waals surface area (Å²) in [6.45, 7) is 1.77. The van der Waals surface area contributed by atoms with Crippen molar-refractivity contribution in [3.05, 3.63) is 35.2 Å². The average Bonchev–Trinajstić information content (AvgIpc) is 2.64. The van der Waals surface area contributed by atoms with Crippen LogP contribution in [0.1, 0.15) is 11.8 Å². The summed E-state index contributed by atoms with van der Waals surface area (Å²) in [4.78, 5) is 0.490. The van der Waals surface area contributed by atoms with Gasteiger partial charge in [0.2, 0.25) is 10.4 Å². The topological polar surface area (TPSA) is 77.4 Å². The quantitative estimate of drug-likeness (QED) is 0.492. The van der Waals surface area contributed by atoms with E-state index in [1.54, 1.807) is 37.3 Å². The molecule has 0 aliphatic rings. The number of hydrogen-bond donors (Lipinski definition) is 1. The van der Waals surface area contributed by atoms with Crippen molar-refractivity contribution < 1.29 is 30.7 Å². The van der Waals surface area contributed by atoms with E-state index in [4.69, 9.17) is 17.5 Å². The van der Waals surface area contributed by atoms with Crippen LogP contribution in [0.4, 0.5) is 13.2 Å². The summed E-state index contributed by atoms with van der Waals surface area (Å²) in [6, 6.07) is 8.42. The lowest BCUT2D eigenvalue weighted by Gasteiger charge is -1.97. The van der Waals surface area contributed by atoms with Gasteiger partial charge < -0.3 is 4.55 Å². The van der Waals surface area contributed by atoms with Crippen LogP contribution < -0.4 is 0 Å². The molecule has 1 unspecified atom stereocenters. The second kappa shape index (κ2) is 6.08. The Balaban J connectivity index is 0.000000347. The van der Waals surface area contributed by atoms with Gasteiger partial charge in [-0.1, -0.05) is 19.1 Å². The SMILES string of the molecule is CCc1cc2ccccc2[s+]1C(F)(F)F.O=S(=O)([O-])O. The molecule has 0 aliphatic carbocycles. The molecular formula is C11H11F3O4S2. The molecule has 0 aliphatic heterocycles. The summed E-state index contributed by atoms with van der Waals surface area (Å²) in [5.41, 5.74) is -4.14. The number of hydrogen-bond acceptors (Lipinski definition) is 3. The van der Waals surface area contributed by atoms with E-state index in [1.807, 2.05) is 0 Å². The summed E-state index contributed by atoms with van der Waals surface area (Å²) in [6.07, 6.45) is 0.456. The summed E-state index contributed by atoms with van der Waals surface area (Å²) in [7, 11) is -6.61. The first-order valence-corrected chi connectivity index (χ1v) is 7.92. The van der Waals surface area contributed by atoms with Crippen LogP contribution in [-0.2, 0) is 22.3 Å². The first-order chi connectivity index (χ1) is 9.04. The predicted octanol–water partition coefficient (Wildman–Crippen LogP) is 3.63. The van der Waals surface area contributed by atoms with Crippen molar-refractivity contribution in [3.8, 4) is 0 Å². The van der Waals surface area contributed by atoms with E-state index in [2.05, 4.69) is 0 Å². The fourth-order valence-corrected chi connectivity index (χ4v) is 3.62. The second-order valence-electron chi connectivity index (χ2n) is 3.68. The predicted molar refractivity (Wildman–Crippen MR) is 69.4 cm³/mol. The van der Waals surface area contributed by atoms with Gasteiger partial charge in [-0.3, -0.25) is 4.55 Å². The van der Waals surface area contributed by atoms with Gasteiger partial charge in [-0.15, -0.1) is 13.2 Å². The molecule has 4 nitrogen and oxygen atoms in total. The summed E-state index contributed by atoms with van der Waals surface area (Å²) >= 11 is 0. The lowest BCUT2D eigenvalue weighted by Crippen LogP contribution is -1.97. The zero-order chi connectivity index (χ0) is 15.6. The number of fused-ring (bicyclic) bond motifs is 1. The third kappa shape index (κ3) is 4.75. The fourth-order valence-electron chi connectivity index (χ4n) is 1.68. The molecule has 0 spiro atoms. The smallest absolute Gasteiger partial charge is 0.600 e. The molecule has 2 aromatic rings. The molecule has 2 rings (SSSR count). The van der Waals surface area contributed by atoms with Crippen molar-refractivity contribution in [3.63, 3.8) is 0 Å². The van der Waals surface area contributed by atoms with Crippen molar-refractivity contribution in [2.75, 3.05) is 0 Å². The molecule has 1 aromatic carbocycles. The monoisotopic (exact) mass is 328 g/mol. The zero-order valence-corrected chi connectivity index (χ0v) is 11.8. The van der Waals surface area contributed by atoms with Gasteiger partial charge in [0.1, 0.15) is 0 Å². The largest absolute Gasteiger partial charge is 0.726 e. The Hall–Kier alpha value is -1.16. The Labute approximate surface area is 116 Å². The van der Waals surface area contributed by atoms with Crippen molar-refractivity contribution >= 4 is 31.0 Å². The molecule has 0 radical (unpaired) electrons. The molecule has 1 heterocycles. The zero-order valence-electron chi connectivity index (χ0n) is 10.2. The molecule has 0 saturated heterocycles. The van der Waals surface area contributed by atoms with Crippen LogP contribution in [-0.4, -0.2) is 17.5 Å². The maximum atomic E-state index is 12.8. The number of halogens is 3. The maximum Gasteiger partial charge on any atom is 0.600 e. The molecule has 9 heteroatoms. The number of aryl methyl sites for hydroxylation is 1. The van der Waals surface area contributed by atoms with Gasteiger partial charge in [0, 0.05) is 17.9 Å². The highest BCUT2D eigenvalue weighted by atomic mass is 32.3.